The summed E-state index contributed by atoms with van der Waals surface area (Å²) >= 11 is 0. The summed E-state index contributed by atoms with van der Waals surface area (Å²) < 4.78 is 13.5. The van der Waals surface area contributed by atoms with E-state index >= 15 is 0 Å². The number of carbonyl (C=O) groups is 2. The molecule has 1 aromatic carbocycles. The molecule has 0 bridgehead atoms. The molecular formula is C12H10FNO3. The number of piperidine rings is 1. The maximum absolute atomic E-state index is 13.5. The van der Waals surface area contributed by atoms with Crippen molar-refractivity contribution in [3.63, 3.8) is 0 Å². The van der Waals surface area contributed by atoms with Gasteiger partial charge in [0, 0.05) is 12.5 Å². The first-order chi connectivity index (χ1) is 8.11. The monoisotopic (exact) mass is 235 g/mol. The number of carboxylic acids is 1. The summed E-state index contributed by atoms with van der Waals surface area (Å²) in [5, 5.41) is 8.84. The number of hydrogen-bond acceptors (Lipinski definition) is 2. The van der Waals surface area contributed by atoms with Crippen LogP contribution in [0.4, 0.5) is 10.1 Å². The van der Waals surface area contributed by atoms with Crippen LogP contribution in [0.1, 0.15) is 0 Å². The Bertz CT molecular complexity index is 516. The van der Waals surface area contributed by atoms with Crippen LogP contribution >= 0.6 is 0 Å². The average molecular weight is 235 g/mol. The predicted octanol–water partition coefficient (Wildman–Crippen LogP) is 1.12. The smallest absolute Gasteiger partial charge is 0.307 e. The Kier molecular flexibility index (Phi) is 1.98. The van der Waals surface area contributed by atoms with Crippen molar-refractivity contribution in [2.75, 3.05) is 11.4 Å². The van der Waals surface area contributed by atoms with Gasteiger partial charge in [-0.25, -0.2) is 4.39 Å². The van der Waals surface area contributed by atoms with E-state index in [1.54, 1.807) is 12.1 Å². The number of halogens is 1. The van der Waals surface area contributed by atoms with E-state index in [-0.39, 0.29) is 17.5 Å². The van der Waals surface area contributed by atoms with Crippen LogP contribution in [0, 0.1) is 23.6 Å². The average Bonchev–Trinajstić information content (AvgIpc) is 2.92. The number of hydrogen-bond donors (Lipinski definition) is 1. The van der Waals surface area contributed by atoms with E-state index < -0.39 is 23.6 Å². The number of para-hydroxylation sites is 1. The number of carbonyl (C=O) groups excluding carboxylic acids is 1. The molecule has 2 aliphatic rings. The molecule has 3 atom stereocenters. The van der Waals surface area contributed by atoms with Gasteiger partial charge in [-0.1, -0.05) is 12.1 Å². The third-order valence-corrected chi connectivity index (χ3v) is 3.54. The molecule has 4 nitrogen and oxygen atoms in total. The third-order valence-electron chi connectivity index (χ3n) is 3.54. The lowest BCUT2D eigenvalue weighted by Crippen LogP contribution is -2.31. The highest BCUT2D eigenvalue weighted by Crippen LogP contribution is 2.53. The molecule has 1 saturated heterocycles. The fourth-order valence-corrected chi connectivity index (χ4v) is 2.64. The highest BCUT2D eigenvalue weighted by molar-refractivity contribution is 6.04. The summed E-state index contributed by atoms with van der Waals surface area (Å²) in [5.41, 5.74) is 0.244. The minimum atomic E-state index is -0.929. The molecule has 1 aliphatic heterocycles. The second-order valence-electron chi connectivity index (χ2n) is 4.45. The van der Waals surface area contributed by atoms with Crippen LogP contribution in [0.2, 0.25) is 0 Å². The highest BCUT2D eigenvalue weighted by Gasteiger charge is 2.65. The number of aliphatic carboxylic acids is 1. The fraction of sp³-hybridized carbons (Fsp3) is 0.333. The fourth-order valence-electron chi connectivity index (χ4n) is 2.64. The van der Waals surface area contributed by atoms with Gasteiger partial charge < -0.3 is 10.0 Å². The summed E-state index contributed by atoms with van der Waals surface area (Å²) in [7, 11) is 0. The highest BCUT2D eigenvalue weighted by atomic mass is 19.1. The SMILES string of the molecule is O=C(O)C1C2CN(c3ccccc3F)C(=O)C21. The zero-order valence-electron chi connectivity index (χ0n) is 8.84. The Morgan fingerprint density at radius 2 is 2.12 bits per heavy atom. The van der Waals surface area contributed by atoms with E-state index in [4.69, 9.17) is 5.11 Å². The van der Waals surface area contributed by atoms with Crippen molar-refractivity contribution in [3.8, 4) is 0 Å². The Morgan fingerprint density at radius 1 is 1.41 bits per heavy atom. The molecule has 3 unspecified atom stereocenters. The summed E-state index contributed by atoms with van der Waals surface area (Å²) in [5.74, 6) is -2.82. The van der Waals surface area contributed by atoms with E-state index in [2.05, 4.69) is 0 Å². The molecule has 0 radical (unpaired) electrons. The molecule has 0 aromatic heterocycles. The Labute approximate surface area is 96.7 Å². The zero-order chi connectivity index (χ0) is 12.2. The zero-order valence-corrected chi connectivity index (χ0v) is 8.84. The van der Waals surface area contributed by atoms with Gasteiger partial charge in [-0.15, -0.1) is 0 Å². The van der Waals surface area contributed by atoms with Crippen LogP contribution in [0.5, 0.6) is 0 Å². The Balaban J connectivity index is 1.85. The molecule has 1 N–H and O–H groups in total. The lowest BCUT2D eigenvalue weighted by Gasteiger charge is -2.19. The van der Waals surface area contributed by atoms with Crippen molar-refractivity contribution in [1.29, 1.82) is 0 Å². The normalized spacial score (nSPS) is 30.3. The molecule has 1 heterocycles. The second kappa shape index (κ2) is 3.29. The van der Waals surface area contributed by atoms with Crippen LogP contribution in [0.15, 0.2) is 24.3 Å². The number of rotatable bonds is 2. The van der Waals surface area contributed by atoms with Crippen molar-refractivity contribution in [2.45, 2.75) is 0 Å². The molecule has 1 aromatic rings. The molecular weight excluding hydrogens is 225 g/mol. The first-order valence-corrected chi connectivity index (χ1v) is 5.40. The minimum absolute atomic E-state index is 0.153. The van der Waals surface area contributed by atoms with Crippen LogP contribution in [0.25, 0.3) is 0 Å². The lowest BCUT2D eigenvalue weighted by atomic mass is 10.2. The molecule has 5 heteroatoms. The van der Waals surface area contributed by atoms with E-state index in [0.717, 1.165) is 0 Å². The van der Waals surface area contributed by atoms with Crippen LogP contribution in [-0.2, 0) is 9.59 Å². The van der Waals surface area contributed by atoms with E-state index in [0.29, 0.717) is 6.54 Å². The van der Waals surface area contributed by atoms with Crippen LogP contribution in [-0.4, -0.2) is 23.5 Å². The molecule has 17 heavy (non-hydrogen) atoms. The van der Waals surface area contributed by atoms with Gasteiger partial charge in [-0.05, 0) is 12.1 Å². The van der Waals surface area contributed by atoms with E-state index in [1.807, 2.05) is 0 Å². The van der Waals surface area contributed by atoms with Crippen LogP contribution < -0.4 is 4.90 Å². The van der Waals surface area contributed by atoms with E-state index in [9.17, 15) is 14.0 Å². The largest absolute Gasteiger partial charge is 0.481 e. The van der Waals surface area contributed by atoms with Gasteiger partial charge in [0.2, 0.25) is 5.91 Å². The minimum Gasteiger partial charge on any atom is -0.481 e. The van der Waals surface area contributed by atoms with Gasteiger partial charge >= 0.3 is 5.97 Å². The number of benzene rings is 1. The maximum atomic E-state index is 13.5. The molecule has 88 valence electrons. The predicted molar refractivity (Wildman–Crippen MR) is 56.9 cm³/mol. The van der Waals surface area contributed by atoms with Crippen molar-refractivity contribution in [3.05, 3.63) is 30.1 Å². The van der Waals surface area contributed by atoms with E-state index in [1.165, 1.54) is 17.0 Å². The first-order valence-electron chi connectivity index (χ1n) is 5.40. The number of anilines is 1. The Hall–Kier alpha value is -1.91. The Morgan fingerprint density at radius 3 is 2.65 bits per heavy atom. The van der Waals surface area contributed by atoms with Gasteiger partial charge in [0.1, 0.15) is 5.82 Å². The van der Waals surface area contributed by atoms with Crippen molar-refractivity contribution >= 4 is 17.6 Å². The van der Waals surface area contributed by atoms with Crippen LogP contribution in [0.3, 0.4) is 0 Å². The quantitative estimate of drug-likeness (QED) is 0.835. The van der Waals surface area contributed by atoms with Crippen molar-refractivity contribution in [2.24, 2.45) is 17.8 Å². The third kappa shape index (κ3) is 1.35. The number of fused-ring (bicyclic) bond motifs is 1. The molecule has 3 rings (SSSR count). The number of carboxylic acid groups (broad SMARTS) is 1. The van der Waals surface area contributed by atoms with Gasteiger partial charge in [-0.3, -0.25) is 9.59 Å². The molecule has 2 fully saturated rings. The molecule has 1 amide bonds. The summed E-state index contributed by atoms with van der Waals surface area (Å²) in [6.07, 6.45) is 0. The van der Waals surface area contributed by atoms with Crippen molar-refractivity contribution < 1.29 is 19.1 Å². The van der Waals surface area contributed by atoms with Gasteiger partial charge in [0.05, 0.1) is 17.5 Å². The topological polar surface area (TPSA) is 57.6 Å². The summed E-state index contributed by atoms with van der Waals surface area (Å²) in [6, 6.07) is 6.04. The summed E-state index contributed by atoms with van der Waals surface area (Å²) in [4.78, 5) is 24.0. The van der Waals surface area contributed by atoms with Gasteiger partial charge in [0.25, 0.3) is 0 Å². The molecule has 1 aliphatic carbocycles. The molecule has 0 spiro atoms. The summed E-state index contributed by atoms with van der Waals surface area (Å²) in [6.45, 7) is 0.307. The number of amides is 1. The van der Waals surface area contributed by atoms with Gasteiger partial charge in [0.15, 0.2) is 0 Å². The second-order valence-corrected chi connectivity index (χ2v) is 4.45. The lowest BCUT2D eigenvalue weighted by molar-refractivity contribution is -0.140. The maximum Gasteiger partial charge on any atom is 0.307 e. The van der Waals surface area contributed by atoms with Crippen molar-refractivity contribution in [1.82, 2.24) is 0 Å². The first kappa shape index (κ1) is 10.3. The standard InChI is InChI=1S/C12H10FNO3/c13-7-3-1-2-4-8(7)14-5-6-9(11(14)15)10(6)12(16)17/h1-4,6,9-10H,5H2,(H,16,17). The molecule has 1 saturated carbocycles. The number of nitrogens with zero attached hydrogens (tertiary/aromatic N) is 1. The van der Waals surface area contributed by atoms with Gasteiger partial charge in [-0.2, -0.15) is 0 Å².